The van der Waals surface area contributed by atoms with Crippen LogP contribution in [0.5, 0.6) is 11.5 Å². The molecule has 124 valence electrons. The molecule has 2 aromatic rings. The average Bonchev–Trinajstić information content (AvgIpc) is 2.54. The van der Waals surface area contributed by atoms with Crippen LogP contribution in [0.25, 0.3) is 11.1 Å². The van der Waals surface area contributed by atoms with Gasteiger partial charge in [-0.2, -0.15) is 4.98 Å². The van der Waals surface area contributed by atoms with E-state index in [2.05, 4.69) is 15.3 Å². The number of ether oxygens (including phenoxy) is 3. The Balaban J connectivity index is 2.42. The highest BCUT2D eigenvalue weighted by molar-refractivity contribution is 5.78. The minimum Gasteiger partial charge on any atom is -0.493 e. The van der Waals surface area contributed by atoms with Crippen LogP contribution in [-0.2, 0) is 4.74 Å². The average molecular weight is 318 g/mol. The summed E-state index contributed by atoms with van der Waals surface area (Å²) in [4.78, 5) is 8.62. The van der Waals surface area contributed by atoms with E-state index in [-0.39, 0.29) is 0 Å². The van der Waals surface area contributed by atoms with Crippen molar-refractivity contribution < 1.29 is 14.2 Å². The highest BCUT2D eigenvalue weighted by atomic mass is 16.5. The van der Waals surface area contributed by atoms with E-state index in [1.807, 2.05) is 25.1 Å². The second-order valence-corrected chi connectivity index (χ2v) is 4.85. The molecule has 0 atom stereocenters. The summed E-state index contributed by atoms with van der Waals surface area (Å²) >= 11 is 0. The van der Waals surface area contributed by atoms with Crippen LogP contribution < -0.4 is 20.5 Å². The van der Waals surface area contributed by atoms with E-state index in [0.29, 0.717) is 36.5 Å². The van der Waals surface area contributed by atoms with E-state index < -0.39 is 0 Å². The summed E-state index contributed by atoms with van der Waals surface area (Å²) in [6, 6.07) is 5.61. The van der Waals surface area contributed by atoms with Gasteiger partial charge < -0.3 is 25.3 Å². The summed E-state index contributed by atoms with van der Waals surface area (Å²) in [7, 11) is 4.98. The third kappa shape index (κ3) is 3.81. The molecule has 0 spiro atoms. The van der Waals surface area contributed by atoms with Gasteiger partial charge in [0.2, 0.25) is 5.95 Å². The number of rotatable bonds is 7. The molecular weight excluding hydrogens is 296 g/mol. The summed E-state index contributed by atoms with van der Waals surface area (Å²) in [5, 5.41) is 2.89. The van der Waals surface area contributed by atoms with E-state index in [0.717, 1.165) is 16.8 Å². The summed E-state index contributed by atoms with van der Waals surface area (Å²) in [5.74, 6) is 2.18. The van der Waals surface area contributed by atoms with Crippen LogP contribution >= 0.6 is 0 Å². The lowest BCUT2D eigenvalue weighted by Gasteiger charge is -2.14. The van der Waals surface area contributed by atoms with E-state index in [1.165, 1.54) is 0 Å². The van der Waals surface area contributed by atoms with Gasteiger partial charge in [-0.3, -0.25) is 0 Å². The molecule has 3 N–H and O–H groups in total. The largest absolute Gasteiger partial charge is 0.493 e. The maximum atomic E-state index is 6.09. The van der Waals surface area contributed by atoms with Gasteiger partial charge in [0.15, 0.2) is 11.5 Å². The molecule has 23 heavy (non-hydrogen) atoms. The number of methoxy groups -OCH3 is 2. The van der Waals surface area contributed by atoms with Crippen molar-refractivity contribution in [3.8, 4) is 22.6 Å². The van der Waals surface area contributed by atoms with Gasteiger partial charge in [0.1, 0.15) is 12.4 Å². The molecule has 0 aliphatic rings. The lowest BCUT2D eigenvalue weighted by atomic mass is 10.0. The molecule has 0 bridgehead atoms. The number of nitrogen functional groups attached to an aromatic ring is 1. The predicted octanol–water partition coefficient (Wildman–Crippen LogP) is 2.11. The lowest BCUT2D eigenvalue weighted by Crippen LogP contribution is -2.06. The standard InChI is InChI=1S/C16H22N4O3/c1-10-14(15(17)20-16(18-2)19-10)11-5-6-12(22-4)13(9-11)23-8-7-21-3/h5-6,9H,7-8H2,1-4H3,(H3,17,18,19,20). The molecule has 1 aromatic heterocycles. The molecule has 7 nitrogen and oxygen atoms in total. The van der Waals surface area contributed by atoms with Crippen molar-refractivity contribution in [3.05, 3.63) is 23.9 Å². The molecule has 0 aliphatic carbocycles. The zero-order valence-corrected chi connectivity index (χ0v) is 13.8. The van der Waals surface area contributed by atoms with Crippen LogP contribution in [0.2, 0.25) is 0 Å². The van der Waals surface area contributed by atoms with Crippen molar-refractivity contribution in [3.63, 3.8) is 0 Å². The minimum atomic E-state index is 0.412. The van der Waals surface area contributed by atoms with Crippen molar-refractivity contribution >= 4 is 11.8 Å². The van der Waals surface area contributed by atoms with E-state index >= 15 is 0 Å². The Kier molecular flexibility index (Phi) is 5.59. The molecule has 0 radical (unpaired) electrons. The fourth-order valence-corrected chi connectivity index (χ4v) is 2.24. The summed E-state index contributed by atoms with van der Waals surface area (Å²) in [6.45, 7) is 2.82. The number of nitrogens with one attached hydrogen (secondary N) is 1. The van der Waals surface area contributed by atoms with Crippen LogP contribution in [0.3, 0.4) is 0 Å². The Morgan fingerprint density at radius 3 is 2.52 bits per heavy atom. The number of benzene rings is 1. The number of nitrogens with two attached hydrogens (primary N) is 1. The molecule has 7 heteroatoms. The normalized spacial score (nSPS) is 10.4. The van der Waals surface area contributed by atoms with Crippen LogP contribution in [0.1, 0.15) is 5.69 Å². The van der Waals surface area contributed by atoms with Gasteiger partial charge in [-0.15, -0.1) is 0 Å². The number of hydrogen-bond donors (Lipinski definition) is 2. The Hall–Kier alpha value is -2.54. The molecule has 0 saturated carbocycles. The first kappa shape index (κ1) is 16.8. The Morgan fingerprint density at radius 2 is 1.91 bits per heavy atom. The van der Waals surface area contributed by atoms with Gasteiger partial charge in [0.05, 0.1) is 19.4 Å². The molecule has 2 rings (SSSR count). The number of nitrogens with zero attached hydrogens (tertiary/aromatic N) is 2. The van der Waals surface area contributed by atoms with Crippen LogP contribution in [0.15, 0.2) is 18.2 Å². The van der Waals surface area contributed by atoms with Gasteiger partial charge in [-0.25, -0.2) is 4.98 Å². The first-order valence-corrected chi connectivity index (χ1v) is 7.22. The maximum absolute atomic E-state index is 6.09. The van der Waals surface area contributed by atoms with Crippen molar-refractivity contribution in [1.29, 1.82) is 0 Å². The first-order valence-electron chi connectivity index (χ1n) is 7.22. The highest BCUT2D eigenvalue weighted by Crippen LogP contribution is 2.35. The molecule has 0 saturated heterocycles. The van der Waals surface area contributed by atoms with Crippen molar-refractivity contribution in [2.24, 2.45) is 0 Å². The van der Waals surface area contributed by atoms with E-state index in [9.17, 15) is 0 Å². The molecule has 0 unspecified atom stereocenters. The van der Waals surface area contributed by atoms with Gasteiger partial charge in [0.25, 0.3) is 0 Å². The summed E-state index contributed by atoms with van der Waals surface area (Å²) in [5.41, 5.74) is 8.53. The number of anilines is 2. The van der Waals surface area contributed by atoms with Gasteiger partial charge in [-0.1, -0.05) is 6.07 Å². The van der Waals surface area contributed by atoms with Gasteiger partial charge in [-0.05, 0) is 24.6 Å². The second kappa shape index (κ2) is 7.64. The third-order valence-electron chi connectivity index (χ3n) is 3.34. The zero-order chi connectivity index (χ0) is 16.8. The molecule has 0 amide bonds. The Labute approximate surface area is 135 Å². The SMILES string of the molecule is CNc1nc(C)c(-c2ccc(OC)c(OCCOC)c2)c(N)n1. The molecule has 1 heterocycles. The van der Waals surface area contributed by atoms with Crippen molar-refractivity contribution in [1.82, 2.24) is 9.97 Å². The fourth-order valence-electron chi connectivity index (χ4n) is 2.24. The van der Waals surface area contributed by atoms with Crippen molar-refractivity contribution in [2.75, 3.05) is 45.5 Å². The van der Waals surface area contributed by atoms with E-state index in [4.69, 9.17) is 19.9 Å². The van der Waals surface area contributed by atoms with Gasteiger partial charge >= 0.3 is 0 Å². The number of hydrogen-bond acceptors (Lipinski definition) is 7. The highest BCUT2D eigenvalue weighted by Gasteiger charge is 2.14. The van der Waals surface area contributed by atoms with Gasteiger partial charge in [0, 0.05) is 19.7 Å². The molecule has 0 aliphatic heterocycles. The quantitative estimate of drug-likeness (QED) is 0.755. The van der Waals surface area contributed by atoms with Crippen LogP contribution in [0.4, 0.5) is 11.8 Å². The minimum absolute atomic E-state index is 0.412. The fraction of sp³-hybridized carbons (Fsp3) is 0.375. The second-order valence-electron chi connectivity index (χ2n) is 4.85. The topological polar surface area (TPSA) is 91.5 Å². The summed E-state index contributed by atoms with van der Waals surface area (Å²) < 4.78 is 16.0. The lowest BCUT2D eigenvalue weighted by molar-refractivity contribution is 0.144. The maximum Gasteiger partial charge on any atom is 0.224 e. The molecule has 1 aromatic carbocycles. The molecule has 0 fully saturated rings. The third-order valence-corrected chi connectivity index (χ3v) is 3.34. The Morgan fingerprint density at radius 1 is 1.13 bits per heavy atom. The zero-order valence-electron chi connectivity index (χ0n) is 13.8. The van der Waals surface area contributed by atoms with Crippen LogP contribution in [-0.4, -0.2) is 44.4 Å². The Bertz CT molecular complexity index is 653. The van der Waals surface area contributed by atoms with Crippen LogP contribution in [0, 0.1) is 6.92 Å². The molecular formula is C16H22N4O3. The number of aromatic nitrogens is 2. The van der Waals surface area contributed by atoms with Crippen molar-refractivity contribution in [2.45, 2.75) is 6.92 Å². The van der Waals surface area contributed by atoms with E-state index in [1.54, 1.807) is 21.3 Å². The summed E-state index contributed by atoms with van der Waals surface area (Å²) in [6.07, 6.45) is 0. The first-order chi connectivity index (χ1) is 11.1. The number of aryl methyl sites for hydroxylation is 1. The predicted molar refractivity (Wildman–Crippen MR) is 90.1 cm³/mol. The smallest absolute Gasteiger partial charge is 0.224 e. The monoisotopic (exact) mass is 318 g/mol.